The molecule has 1 heterocycles. The van der Waals surface area contributed by atoms with Gasteiger partial charge in [-0.05, 0) is 61.6 Å². The van der Waals surface area contributed by atoms with Crippen molar-refractivity contribution in [3.05, 3.63) is 94.6 Å². The minimum absolute atomic E-state index is 0.00816. The van der Waals surface area contributed by atoms with E-state index in [1.54, 1.807) is 24.3 Å². The van der Waals surface area contributed by atoms with Crippen LogP contribution < -0.4 is 5.32 Å². The second kappa shape index (κ2) is 10.3. The number of benzene rings is 2. The summed E-state index contributed by atoms with van der Waals surface area (Å²) in [4.78, 5) is 25.1. The molecule has 0 saturated heterocycles. The Morgan fingerprint density at radius 3 is 2.31 bits per heavy atom. The fourth-order valence-corrected chi connectivity index (χ4v) is 4.42. The van der Waals surface area contributed by atoms with Crippen molar-refractivity contribution in [2.45, 2.75) is 44.3 Å². The maximum Gasteiger partial charge on any atom is 0.417 e. The van der Waals surface area contributed by atoms with Crippen LogP contribution in [0.2, 0.25) is 0 Å². The van der Waals surface area contributed by atoms with Crippen molar-refractivity contribution >= 4 is 11.7 Å². The molecule has 1 aromatic heterocycles. The van der Waals surface area contributed by atoms with Gasteiger partial charge in [0, 0.05) is 23.9 Å². The molecular formula is C26H23F4N3O2. The normalized spacial score (nSPS) is 18.2. The zero-order valence-electron chi connectivity index (χ0n) is 18.7. The number of hydrogen-bond donors (Lipinski definition) is 1. The molecular weight excluding hydrogens is 462 g/mol. The van der Waals surface area contributed by atoms with Gasteiger partial charge in [-0.1, -0.05) is 30.3 Å². The molecule has 5 nitrogen and oxygen atoms in total. The third kappa shape index (κ3) is 5.90. The highest BCUT2D eigenvalue weighted by atomic mass is 19.4. The molecule has 0 spiro atoms. The van der Waals surface area contributed by atoms with Gasteiger partial charge in [0.05, 0.1) is 11.3 Å². The van der Waals surface area contributed by atoms with Gasteiger partial charge in [0.15, 0.2) is 11.5 Å². The molecule has 1 N–H and O–H groups in total. The van der Waals surface area contributed by atoms with Gasteiger partial charge in [-0.15, -0.1) is 5.10 Å². The molecule has 0 aliphatic heterocycles. The second-order valence-corrected chi connectivity index (χ2v) is 8.61. The van der Waals surface area contributed by atoms with Crippen LogP contribution in [-0.4, -0.2) is 21.9 Å². The van der Waals surface area contributed by atoms with Crippen molar-refractivity contribution in [2.24, 2.45) is 5.92 Å². The first-order chi connectivity index (χ1) is 16.7. The second-order valence-electron chi connectivity index (χ2n) is 8.61. The van der Waals surface area contributed by atoms with Crippen molar-refractivity contribution in [2.75, 3.05) is 0 Å². The minimum atomic E-state index is -4.58. The zero-order valence-corrected chi connectivity index (χ0v) is 18.7. The summed E-state index contributed by atoms with van der Waals surface area (Å²) in [6, 6.07) is 14.1. The SMILES string of the molecule is O=C(NCc1cccc(F)c1)c1ccc(C2CCC(C(=O)c3ccccc3C(F)(F)F)CC2)nn1. The molecule has 182 valence electrons. The predicted octanol–water partition coefficient (Wildman–Crippen LogP) is 5.72. The Balaban J connectivity index is 1.33. The van der Waals surface area contributed by atoms with E-state index in [0.29, 0.717) is 36.9 Å². The summed E-state index contributed by atoms with van der Waals surface area (Å²) in [7, 11) is 0. The first-order valence-electron chi connectivity index (χ1n) is 11.3. The largest absolute Gasteiger partial charge is 0.417 e. The van der Waals surface area contributed by atoms with E-state index >= 15 is 0 Å². The summed E-state index contributed by atoms with van der Waals surface area (Å²) in [6.45, 7) is 0.148. The molecule has 0 radical (unpaired) electrons. The van der Waals surface area contributed by atoms with Gasteiger partial charge >= 0.3 is 6.18 Å². The number of aromatic nitrogens is 2. The molecule has 0 bridgehead atoms. The summed E-state index contributed by atoms with van der Waals surface area (Å²) in [5.74, 6) is -1.77. The van der Waals surface area contributed by atoms with Gasteiger partial charge < -0.3 is 5.32 Å². The lowest BCUT2D eigenvalue weighted by molar-refractivity contribution is -0.138. The number of alkyl halides is 3. The Kier molecular flexibility index (Phi) is 7.23. The first kappa shape index (κ1) is 24.5. The van der Waals surface area contributed by atoms with Crippen molar-refractivity contribution in [1.29, 1.82) is 0 Å². The molecule has 0 atom stereocenters. The van der Waals surface area contributed by atoms with Crippen molar-refractivity contribution < 1.29 is 27.2 Å². The standard InChI is InChI=1S/C26H23F4N3O2/c27-19-5-3-4-16(14-19)15-31-25(35)23-13-12-22(32-33-23)17-8-10-18(11-9-17)24(34)20-6-1-2-7-21(20)26(28,29)30/h1-7,12-14,17-18H,8-11,15H2,(H,31,35). The molecule has 4 rings (SSSR count). The van der Waals surface area contributed by atoms with Crippen LogP contribution in [0.5, 0.6) is 0 Å². The highest BCUT2D eigenvalue weighted by Crippen LogP contribution is 2.38. The summed E-state index contributed by atoms with van der Waals surface area (Å²) < 4.78 is 53.1. The first-order valence-corrected chi connectivity index (χ1v) is 11.3. The maximum atomic E-state index is 13.3. The fraction of sp³-hybridized carbons (Fsp3) is 0.308. The number of nitrogens with one attached hydrogen (secondary N) is 1. The Bertz CT molecular complexity index is 1200. The topological polar surface area (TPSA) is 72.0 Å². The van der Waals surface area contributed by atoms with Crippen LogP contribution in [0.25, 0.3) is 0 Å². The monoisotopic (exact) mass is 485 g/mol. The molecule has 9 heteroatoms. The van der Waals surface area contributed by atoms with Crippen LogP contribution in [0.1, 0.15) is 69.3 Å². The number of nitrogens with zero attached hydrogens (tertiary/aromatic N) is 2. The molecule has 1 saturated carbocycles. The summed E-state index contributed by atoms with van der Waals surface area (Å²) in [6.07, 6.45) is -2.50. The average molecular weight is 485 g/mol. The Morgan fingerprint density at radius 2 is 1.66 bits per heavy atom. The van der Waals surface area contributed by atoms with Crippen LogP contribution >= 0.6 is 0 Å². The predicted molar refractivity (Wildman–Crippen MR) is 120 cm³/mol. The number of rotatable bonds is 6. The van der Waals surface area contributed by atoms with Crippen LogP contribution in [-0.2, 0) is 12.7 Å². The third-order valence-corrected chi connectivity index (χ3v) is 6.27. The maximum absolute atomic E-state index is 13.3. The Labute approximate surface area is 199 Å². The summed E-state index contributed by atoms with van der Waals surface area (Å²) in [5, 5.41) is 10.8. The van der Waals surface area contributed by atoms with E-state index in [9.17, 15) is 27.2 Å². The third-order valence-electron chi connectivity index (χ3n) is 6.27. The van der Waals surface area contributed by atoms with E-state index in [4.69, 9.17) is 0 Å². The lowest BCUT2D eigenvalue weighted by atomic mass is 9.77. The van der Waals surface area contributed by atoms with E-state index in [2.05, 4.69) is 15.5 Å². The van der Waals surface area contributed by atoms with Crippen molar-refractivity contribution in [3.8, 4) is 0 Å². The summed E-state index contributed by atoms with van der Waals surface area (Å²) >= 11 is 0. The van der Waals surface area contributed by atoms with E-state index < -0.39 is 29.3 Å². The molecule has 1 aliphatic carbocycles. The van der Waals surface area contributed by atoms with Crippen LogP contribution in [0.3, 0.4) is 0 Å². The van der Waals surface area contributed by atoms with Crippen LogP contribution in [0, 0.1) is 11.7 Å². The number of carbonyl (C=O) groups excluding carboxylic acids is 2. The number of hydrogen-bond acceptors (Lipinski definition) is 4. The molecule has 35 heavy (non-hydrogen) atoms. The highest BCUT2D eigenvalue weighted by Gasteiger charge is 2.37. The van der Waals surface area contributed by atoms with E-state index in [0.717, 1.165) is 6.07 Å². The zero-order chi connectivity index (χ0) is 25.0. The van der Waals surface area contributed by atoms with Crippen LogP contribution in [0.15, 0.2) is 60.7 Å². The number of ketones is 1. The van der Waals surface area contributed by atoms with E-state index in [-0.39, 0.29) is 29.5 Å². The quantitative estimate of drug-likeness (QED) is 0.358. The number of Topliss-reactive ketones (excluding diaryl/α,β-unsaturated/α-hetero) is 1. The Morgan fingerprint density at radius 1 is 0.914 bits per heavy atom. The van der Waals surface area contributed by atoms with Gasteiger partial charge in [0.2, 0.25) is 0 Å². The smallest absolute Gasteiger partial charge is 0.347 e. The van der Waals surface area contributed by atoms with Gasteiger partial charge in [-0.3, -0.25) is 9.59 Å². The summed E-state index contributed by atoms with van der Waals surface area (Å²) in [5.41, 5.74) is 0.235. The number of halogens is 4. The lowest BCUT2D eigenvalue weighted by Gasteiger charge is -2.27. The van der Waals surface area contributed by atoms with E-state index in [1.165, 1.54) is 30.3 Å². The van der Waals surface area contributed by atoms with E-state index in [1.807, 2.05) is 0 Å². The minimum Gasteiger partial charge on any atom is -0.347 e. The average Bonchev–Trinajstić information content (AvgIpc) is 2.86. The molecule has 3 aromatic rings. The van der Waals surface area contributed by atoms with Gasteiger partial charge in [0.25, 0.3) is 5.91 Å². The molecule has 1 fully saturated rings. The molecule has 2 aromatic carbocycles. The fourth-order valence-electron chi connectivity index (χ4n) is 4.42. The number of carbonyl (C=O) groups is 2. The molecule has 1 aliphatic rings. The van der Waals surface area contributed by atoms with Gasteiger partial charge in [-0.2, -0.15) is 18.3 Å². The lowest BCUT2D eigenvalue weighted by Crippen LogP contribution is -2.25. The van der Waals surface area contributed by atoms with Gasteiger partial charge in [-0.25, -0.2) is 4.39 Å². The molecule has 1 amide bonds. The van der Waals surface area contributed by atoms with Crippen molar-refractivity contribution in [1.82, 2.24) is 15.5 Å². The number of amides is 1. The van der Waals surface area contributed by atoms with Gasteiger partial charge in [0.1, 0.15) is 5.82 Å². The molecule has 0 unspecified atom stereocenters. The highest BCUT2D eigenvalue weighted by molar-refractivity contribution is 5.99. The van der Waals surface area contributed by atoms with Crippen molar-refractivity contribution in [3.63, 3.8) is 0 Å². The van der Waals surface area contributed by atoms with Crippen LogP contribution in [0.4, 0.5) is 17.6 Å². The Hall–Kier alpha value is -3.62.